The van der Waals surface area contributed by atoms with Gasteiger partial charge >= 0.3 is 0 Å². The van der Waals surface area contributed by atoms with Gasteiger partial charge in [0.1, 0.15) is 8.80 Å². The topological polar surface area (TPSA) is 60.7 Å². The van der Waals surface area contributed by atoms with Crippen LogP contribution in [-0.4, -0.2) is 42.8 Å². The molecule has 0 aliphatic heterocycles. The Morgan fingerprint density at radius 3 is 1.14 bits per heavy atom. The van der Waals surface area contributed by atoms with Gasteiger partial charge in [0.2, 0.25) is 0 Å². The zero-order valence-corrected chi connectivity index (χ0v) is 4.96. The van der Waals surface area contributed by atoms with Gasteiger partial charge in [-0.2, -0.15) is 0 Å². The molecule has 7 heavy (non-hydrogen) atoms. The first kappa shape index (κ1) is 7.10. The molecule has 0 heterocycles. The zero-order chi connectivity index (χ0) is 5.70. The molecule has 3 nitrogen and oxygen atoms in total. The summed E-state index contributed by atoms with van der Waals surface area (Å²) in [5.41, 5.74) is 0. The maximum Gasteiger partial charge on any atom is 0.141 e. The zero-order valence-electron chi connectivity index (χ0n) is 3.96. The average Bonchev–Trinajstić information content (AvgIpc) is 1.72. The number of aliphatic hydroxyl groups is 3. The first-order chi connectivity index (χ1) is 3.35. The lowest BCUT2D eigenvalue weighted by Crippen LogP contribution is -2.28. The molecule has 0 unspecified atom stereocenters. The van der Waals surface area contributed by atoms with E-state index in [1.54, 1.807) is 0 Å². The monoisotopic (exact) mass is 121 g/mol. The Morgan fingerprint density at radius 2 is 1.14 bits per heavy atom. The second kappa shape index (κ2) is 4.26. The molecular weight excluding hydrogens is 112 g/mol. The molecule has 0 atom stereocenters. The molecule has 0 spiro atoms. The third-order valence-electron chi connectivity index (χ3n) is 0.671. The van der Waals surface area contributed by atoms with Gasteiger partial charge in [0, 0.05) is 18.7 Å². The quantitative estimate of drug-likeness (QED) is 0.381. The summed E-state index contributed by atoms with van der Waals surface area (Å²) < 4.78 is 0. The molecule has 0 rings (SSSR count). The first-order valence-corrected chi connectivity index (χ1v) is 4.13. The number of aliphatic hydroxyl groups excluding tert-OH is 3. The van der Waals surface area contributed by atoms with Crippen LogP contribution >= 0.6 is 0 Å². The van der Waals surface area contributed by atoms with Crippen LogP contribution in [0.2, 0.25) is 0 Å². The largest absolute Gasteiger partial charge is 0.400 e. The van der Waals surface area contributed by atoms with Crippen molar-refractivity contribution in [2.45, 2.75) is 0 Å². The molecule has 4 heteroatoms. The van der Waals surface area contributed by atoms with Crippen LogP contribution in [0.25, 0.3) is 0 Å². The Labute approximate surface area is 43.8 Å². The highest BCUT2D eigenvalue weighted by Gasteiger charge is 2.04. The Morgan fingerprint density at radius 1 is 0.857 bits per heavy atom. The lowest BCUT2D eigenvalue weighted by Gasteiger charge is -1.99. The van der Waals surface area contributed by atoms with Crippen molar-refractivity contribution >= 4 is 8.80 Å². The highest BCUT2D eigenvalue weighted by atomic mass is 28.3. The standard InChI is InChI=1S/C3H9O3Si/c4-1-7(2-5)3-6/h4-6H,1-3H2. The van der Waals surface area contributed by atoms with Gasteiger partial charge in [-0.15, -0.1) is 0 Å². The van der Waals surface area contributed by atoms with Gasteiger partial charge in [-0.3, -0.25) is 0 Å². The molecule has 0 saturated carbocycles. The normalized spacial score (nSPS) is 10.3. The van der Waals surface area contributed by atoms with Crippen molar-refractivity contribution in [1.82, 2.24) is 0 Å². The summed E-state index contributed by atoms with van der Waals surface area (Å²) in [6.45, 7) is 0. The Hall–Kier alpha value is 0.0969. The molecule has 0 aromatic rings. The van der Waals surface area contributed by atoms with Gasteiger partial charge in [-0.25, -0.2) is 0 Å². The van der Waals surface area contributed by atoms with Crippen molar-refractivity contribution in [2.75, 3.05) is 18.7 Å². The third kappa shape index (κ3) is 2.75. The second-order valence-electron chi connectivity index (χ2n) is 1.22. The van der Waals surface area contributed by atoms with Gasteiger partial charge in [0.15, 0.2) is 0 Å². The van der Waals surface area contributed by atoms with Crippen molar-refractivity contribution in [3.8, 4) is 0 Å². The van der Waals surface area contributed by atoms with E-state index in [2.05, 4.69) is 0 Å². The van der Waals surface area contributed by atoms with Crippen LogP contribution < -0.4 is 0 Å². The van der Waals surface area contributed by atoms with E-state index in [1.165, 1.54) is 0 Å². The van der Waals surface area contributed by atoms with E-state index in [0.717, 1.165) is 0 Å². The maximum absolute atomic E-state index is 8.25. The fourth-order valence-electron chi connectivity index (χ4n) is 0.150. The Bertz CT molecular complexity index is 31.7. The van der Waals surface area contributed by atoms with E-state index in [4.69, 9.17) is 15.3 Å². The fraction of sp³-hybridized carbons (Fsp3) is 1.00. The summed E-state index contributed by atoms with van der Waals surface area (Å²) in [5, 5.41) is 24.8. The molecule has 43 valence electrons. The summed E-state index contributed by atoms with van der Waals surface area (Å²) in [6.07, 6.45) is -0.132. The predicted molar refractivity (Wildman–Crippen MR) is 27.0 cm³/mol. The molecule has 0 saturated heterocycles. The number of hydrogen-bond acceptors (Lipinski definition) is 3. The van der Waals surface area contributed by atoms with Crippen LogP contribution in [0, 0.1) is 0 Å². The van der Waals surface area contributed by atoms with E-state index in [0.29, 0.717) is 0 Å². The van der Waals surface area contributed by atoms with Crippen molar-refractivity contribution in [3.05, 3.63) is 0 Å². The van der Waals surface area contributed by atoms with Gasteiger partial charge in [0.25, 0.3) is 0 Å². The molecule has 1 radical (unpaired) electrons. The van der Waals surface area contributed by atoms with Crippen LogP contribution in [0.5, 0.6) is 0 Å². The molecular formula is C3H9O3Si. The van der Waals surface area contributed by atoms with E-state index in [1.807, 2.05) is 0 Å². The van der Waals surface area contributed by atoms with Crippen LogP contribution in [0.1, 0.15) is 0 Å². The minimum absolute atomic E-state index is 0.0440. The summed E-state index contributed by atoms with van der Waals surface area (Å²) in [6, 6.07) is 0. The van der Waals surface area contributed by atoms with Crippen LogP contribution in [-0.2, 0) is 0 Å². The summed E-state index contributed by atoms with van der Waals surface area (Å²) >= 11 is 0. The minimum Gasteiger partial charge on any atom is -0.400 e. The average molecular weight is 121 g/mol. The maximum atomic E-state index is 8.25. The molecule has 0 aliphatic rings. The highest BCUT2D eigenvalue weighted by Crippen LogP contribution is 1.72. The van der Waals surface area contributed by atoms with Crippen LogP contribution in [0.3, 0.4) is 0 Å². The third-order valence-corrected chi connectivity index (χ3v) is 2.01. The number of hydrogen-bond donors (Lipinski definition) is 3. The fourth-order valence-corrected chi connectivity index (χ4v) is 0.450. The van der Waals surface area contributed by atoms with E-state index >= 15 is 0 Å². The van der Waals surface area contributed by atoms with E-state index < -0.39 is 8.80 Å². The van der Waals surface area contributed by atoms with Crippen molar-refractivity contribution in [2.24, 2.45) is 0 Å². The summed E-state index contributed by atoms with van der Waals surface area (Å²) in [4.78, 5) is 0. The van der Waals surface area contributed by atoms with Crippen LogP contribution in [0.4, 0.5) is 0 Å². The lowest BCUT2D eigenvalue weighted by molar-refractivity contribution is 0.299. The summed E-state index contributed by atoms with van der Waals surface area (Å²) in [5.74, 6) is 0. The first-order valence-electron chi connectivity index (χ1n) is 2.01. The highest BCUT2D eigenvalue weighted by molar-refractivity contribution is 6.58. The molecule has 0 amide bonds. The van der Waals surface area contributed by atoms with Gasteiger partial charge in [-0.05, 0) is 0 Å². The molecule has 0 aliphatic carbocycles. The van der Waals surface area contributed by atoms with Gasteiger partial charge in [-0.1, -0.05) is 0 Å². The van der Waals surface area contributed by atoms with E-state index in [9.17, 15) is 0 Å². The minimum atomic E-state index is -1.20. The second-order valence-corrected chi connectivity index (χ2v) is 3.67. The Balaban J connectivity index is 2.99. The predicted octanol–water partition coefficient (Wildman–Crippen LogP) is -1.92. The van der Waals surface area contributed by atoms with Crippen molar-refractivity contribution in [3.63, 3.8) is 0 Å². The molecule has 0 bridgehead atoms. The SMILES string of the molecule is OC[Si](CO)CO. The van der Waals surface area contributed by atoms with Gasteiger partial charge < -0.3 is 15.3 Å². The van der Waals surface area contributed by atoms with Crippen LogP contribution in [0.15, 0.2) is 0 Å². The molecule has 3 N–H and O–H groups in total. The molecule has 0 fully saturated rings. The molecule has 0 aromatic carbocycles. The Kier molecular flexibility index (Phi) is 4.32. The lowest BCUT2D eigenvalue weighted by atomic mass is 11.6. The molecule has 0 aromatic heterocycles. The van der Waals surface area contributed by atoms with E-state index in [-0.39, 0.29) is 18.7 Å². The smallest absolute Gasteiger partial charge is 0.141 e. The van der Waals surface area contributed by atoms with Gasteiger partial charge in [0.05, 0.1) is 0 Å². The van der Waals surface area contributed by atoms with Crippen molar-refractivity contribution in [1.29, 1.82) is 0 Å². The summed E-state index contributed by atoms with van der Waals surface area (Å²) in [7, 11) is -1.20. The number of rotatable bonds is 3. The van der Waals surface area contributed by atoms with Crippen molar-refractivity contribution < 1.29 is 15.3 Å².